The second-order valence-corrected chi connectivity index (χ2v) is 9.01. The first-order valence-corrected chi connectivity index (χ1v) is 11.4. The highest BCUT2D eigenvalue weighted by Gasteiger charge is 2.22. The van der Waals surface area contributed by atoms with Crippen LogP contribution >= 0.6 is 23.1 Å². The molecule has 0 aromatic carbocycles. The Bertz CT molecular complexity index is 929. The van der Waals surface area contributed by atoms with Crippen LogP contribution in [-0.2, 0) is 24.2 Å². The highest BCUT2D eigenvalue weighted by Crippen LogP contribution is 2.34. The van der Waals surface area contributed by atoms with Crippen molar-refractivity contribution in [3.05, 3.63) is 32.9 Å². The molecule has 7 heteroatoms. The molecule has 0 atom stereocenters. The Hall–Kier alpha value is -1.60. The maximum absolute atomic E-state index is 13.1. The summed E-state index contributed by atoms with van der Waals surface area (Å²) in [7, 11) is 0. The average molecular weight is 406 g/mol. The molecule has 0 fully saturated rings. The largest absolute Gasteiger partial charge is 0.338 e. The van der Waals surface area contributed by atoms with E-state index in [9.17, 15) is 9.59 Å². The van der Waals surface area contributed by atoms with E-state index < -0.39 is 0 Å². The third kappa shape index (κ3) is 4.14. The van der Waals surface area contributed by atoms with Gasteiger partial charge in [0.1, 0.15) is 4.83 Å². The quantitative estimate of drug-likeness (QED) is 0.399. The van der Waals surface area contributed by atoms with E-state index in [0.717, 1.165) is 35.1 Å². The molecule has 0 saturated heterocycles. The number of fused-ring (bicyclic) bond motifs is 3. The SMILES string of the molecule is C=C(C)CN(CC)C(=O)CSc1nc2sc3c(c2c(=O)n1CC)CCCC3. The minimum Gasteiger partial charge on any atom is -0.338 e. The Morgan fingerprint density at radius 2 is 2.07 bits per heavy atom. The molecule has 0 radical (unpaired) electrons. The number of thioether (sulfide) groups is 1. The van der Waals surface area contributed by atoms with Crippen LogP contribution in [0.1, 0.15) is 44.1 Å². The fourth-order valence-corrected chi connectivity index (χ4v) is 5.80. The van der Waals surface area contributed by atoms with Gasteiger partial charge in [-0.2, -0.15) is 0 Å². The van der Waals surface area contributed by atoms with Crippen LogP contribution in [0.5, 0.6) is 0 Å². The third-order valence-corrected chi connectivity index (χ3v) is 7.02. The number of hydrogen-bond acceptors (Lipinski definition) is 5. The van der Waals surface area contributed by atoms with E-state index in [1.807, 2.05) is 20.8 Å². The van der Waals surface area contributed by atoms with E-state index in [0.29, 0.717) is 24.8 Å². The lowest BCUT2D eigenvalue weighted by atomic mass is 9.97. The maximum atomic E-state index is 13.1. The number of amides is 1. The smallest absolute Gasteiger partial charge is 0.263 e. The normalized spacial score (nSPS) is 13.6. The molecular formula is C20H27N3O2S2. The zero-order valence-corrected chi connectivity index (χ0v) is 18.0. The predicted molar refractivity (Wildman–Crippen MR) is 114 cm³/mol. The molecule has 0 N–H and O–H groups in total. The lowest BCUT2D eigenvalue weighted by molar-refractivity contribution is -0.127. The molecule has 0 unspecified atom stereocenters. The van der Waals surface area contributed by atoms with Gasteiger partial charge in [0.05, 0.1) is 11.1 Å². The number of rotatable bonds is 7. The molecule has 0 aliphatic heterocycles. The number of thiophene rings is 1. The molecule has 3 rings (SSSR count). The molecular weight excluding hydrogens is 378 g/mol. The zero-order chi connectivity index (χ0) is 19.6. The topological polar surface area (TPSA) is 55.2 Å². The van der Waals surface area contributed by atoms with E-state index in [-0.39, 0.29) is 17.2 Å². The van der Waals surface area contributed by atoms with Crippen molar-refractivity contribution in [2.24, 2.45) is 0 Å². The number of nitrogens with zero attached hydrogens (tertiary/aromatic N) is 3. The maximum Gasteiger partial charge on any atom is 0.263 e. The summed E-state index contributed by atoms with van der Waals surface area (Å²) in [6, 6.07) is 0. The molecule has 0 saturated carbocycles. The van der Waals surface area contributed by atoms with Crippen molar-refractivity contribution in [2.45, 2.75) is 58.2 Å². The standard InChI is InChI=1S/C20H27N3O2S2/c1-5-22(11-13(3)4)16(24)12-26-20-21-18-17(19(25)23(20)6-2)14-9-7-8-10-15(14)27-18/h3,5-12H2,1-2,4H3. The highest BCUT2D eigenvalue weighted by molar-refractivity contribution is 7.99. The summed E-state index contributed by atoms with van der Waals surface area (Å²) in [6.45, 7) is 11.5. The second kappa shape index (κ2) is 8.61. The van der Waals surface area contributed by atoms with Gasteiger partial charge >= 0.3 is 0 Å². The van der Waals surface area contributed by atoms with Crippen LogP contribution in [0.2, 0.25) is 0 Å². The zero-order valence-electron chi connectivity index (χ0n) is 16.3. The molecule has 2 aromatic heterocycles. The van der Waals surface area contributed by atoms with E-state index in [2.05, 4.69) is 6.58 Å². The van der Waals surface area contributed by atoms with Crippen molar-refractivity contribution in [3.63, 3.8) is 0 Å². The molecule has 146 valence electrons. The van der Waals surface area contributed by atoms with Gasteiger partial charge in [-0.3, -0.25) is 14.2 Å². The van der Waals surface area contributed by atoms with Crippen LogP contribution in [0.25, 0.3) is 10.2 Å². The number of aryl methyl sites for hydroxylation is 2. The van der Waals surface area contributed by atoms with Gasteiger partial charge in [0, 0.05) is 24.5 Å². The minimum absolute atomic E-state index is 0.0473. The van der Waals surface area contributed by atoms with Gasteiger partial charge in [0.2, 0.25) is 5.91 Å². The minimum atomic E-state index is 0.0473. The number of likely N-dealkylation sites (N-methyl/N-ethyl adjacent to an activating group) is 1. The monoisotopic (exact) mass is 405 g/mol. The van der Waals surface area contributed by atoms with Crippen molar-refractivity contribution in [1.29, 1.82) is 0 Å². The van der Waals surface area contributed by atoms with Gasteiger partial charge in [0.25, 0.3) is 5.56 Å². The van der Waals surface area contributed by atoms with Gasteiger partial charge < -0.3 is 4.90 Å². The summed E-state index contributed by atoms with van der Waals surface area (Å²) in [4.78, 5) is 34.4. The number of carbonyl (C=O) groups is 1. The lowest BCUT2D eigenvalue weighted by Crippen LogP contribution is -2.33. The summed E-state index contributed by atoms with van der Waals surface area (Å²) < 4.78 is 1.72. The summed E-state index contributed by atoms with van der Waals surface area (Å²) in [6.07, 6.45) is 4.36. The highest BCUT2D eigenvalue weighted by atomic mass is 32.2. The van der Waals surface area contributed by atoms with Crippen molar-refractivity contribution >= 4 is 39.2 Å². The first kappa shape index (κ1) is 20.1. The molecule has 1 aliphatic rings. The first-order chi connectivity index (χ1) is 13.0. The number of hydrogen-bond donors (Lipinski definition) is 0. The summed E-state index contributed by atoms with van der Waals surface area (Å²) in [5, 5.41) is 1.46. The van der Waals surface area contributed by atoms with Crippen molar-refractivity contribution < 1.29 is 4.79 Å². The Kier molecular flexibility index (Phi) is 6.42. The van der Waals surface area contributed by atoms with Crippen LogP contribution < -0.4 is 5.56 Å². The third-order valence-electron chi connectivity index (χ3n) is 4.88. The van der Waals surface area contributed by atoms with E-state index in [4.69, 9.17) is 4.98 Å². The molecule has 27 heavy (non-hydrogen) atoms. The van der Waals surface area contributed by atoms with Gasteiger partial charge in [-0.25, -0.2) is 4.98 Å². The Balaban J connectivity index is 1.89. The van der Waals surface area contributed by atoms with Crippen molar-refractivity contribution in [2.75, 3.05) is 18.8 Å². The molecule has 0 spiro atoms. The van der Waals surface area contributed by atoms with E-state index in [1.54, 1.807) is 20.8 Å². The predicted octanol–water partition coefficient (Wildman–Crippen LogP) is 3.87. The fraction of sp³-hybridized carbons (Fsp3) is 0.550. The Labute approximate surface area is 168 Å². The van der Waals surface area contributed by atoms with Gasteiger partial charge in [-0.1, -0.05) is 23.9 Å². The van der Waals surface area contributed by atoms with Crippen molar-refractivity contribution in [3.8, 4) is 0 Å². The van der Waals surface area contributed by atoms with Gasteiger partial charge in [-0.05, 0) is 52.0 Å². The molecule has 2 heterocycles. The van der Waals surface area contributed by atoms with E-state index >= 15 is 0 Å². The molecule has 1 amide bonds. The number of carbonyl (C=O) groups excluding carboxylic acids is 1. The Morgan fingerprint density at radius 1 is 1.33 bits per heavy atom. The van der Waals surface area contributed by atoms with Gasteiger partial charge in [0.15, 0.2) is 5.16 Å². The molecule has 1 aliphatic carbocycles. The van der Waals surface area contributed by atoms with Crippen LogP contribution in [0.4, 0.5) is 0 Å². The lowest BCUT2D eigenvalue weighted by Gasteiger charge is -2.21. The summed E-state index contributed by atoms with van der Waals surface area (Å²) in [5.74, 6) is 0.331. The first-order valence-electron chi connectivity index (χ1n) is 9.56. The second-order valence-electron chi connectivity index (χ2n) is 6.99. The van der Waals surface area contributed by atoms with Crippen LogP contribution in [-0.4, -0.2) is 39.2 Å². The fourth-order valence-electron chi connectivity index (χ4n) is 3.53. The van der Waals surface area contributed by atoms with Crippen LogP contribution in [0.15, 0.2) is 22.1 Å². The van der Waals surface area contributed by atoms with E-state index in [1.165, 1.54) is 28.6 Å². The summed E-state index contributed by atoms with van der Waals surface area (Å²) in [5.41, 5.74) is 2.22. The van der Waals surface area contributed by atoms with Gasteiger partial charge in [-0.15, -0.1) is 11.3 Å². The van der Waals surface area contributed by atoms with Crippen LogP contribution in [0.3, 0.4) is 0 Å². The Morgan fingerprint density at radius 3 is 2.74 bits per heavy atom. The average Bonchev–Trinajstić information content (AvgIpc) is 3.02. The van der Waals surface area contributed by atoms with Crippen molar-refractivity contribution in [1.82, 2.24) is 14.5 Å². The molecule has 5 nitrogen and oxygen atoms in total. The number of aromatic nitrogens is 2. The molecule has 0 bridgehead atoms. The summed E-state index contributed by atoms with van der Waals surface area (Å²) >= 11 is 3.02. The van der Waals surface area contributed by atoms with Crippen LogP contribution in [0, 0.1) is 0 Å². The molecule has 2 aromatic rings.